The lowest BCUT2D eigenvalue weighted by atomic mass is 10.2. The molecule has 0 radical (unpaired) electrons. The molecule has 0 saturated heterocycles. The summed E-state index contributed by atoms with van der Waals surface area (Å²) in [6.45, 7) is 0.364. The van der Waals surface area contributed by atoms with Crippen LogP contribution in [0.2, 0.25) is 0 Å². The van der Waals surface area contributed by atoms with Crippen LogP contribution in [0.4, 0.5) is 0 Å². The van der Waals surface area contributed by atoms with Crippen molar-refractivity contribution in [2.45, 2.75) is 6.54 Å². The minimum atomic E-state index is -0.199. The fraction of sp³-hybridized carbons (Fsp3) is 0.214. The summed E-state index contributed by atoms with van der Waals surface area (Å²) in [7, 11) is 1.82. The van der Waals surface area contributed by atoms with Crippen LogP contribution in [0.5, 0.6) is 5.75 Å². The number of nitrogens with one attached hydrogen (secondary N) is 1. The minimum Gasteiger partial charge on any atom is -0.484 e. The van der Waals surface area contributed by atoms with E-state index >= 15 is 0 Å². The first-order chi connectivity index (χ1) is 10.1. The van der Waals surface area contributed by atoms with Gasteiger partial charge in [-0.25, -0.2) is 0 Å². The predicted octanol–water partition coefficient (Wildman–Crippen LogP) is 0.749. The molecule has 6 nitrogen and oxygen atoms in total. The van der Waals surface area contributed by atoms with E-state index in [-0.39, 0.29) is 12.5 Å². The molecule has 1 aromatic heterocycles. The molecule has 0 aliphatic carbocycles. The normalized spacial score (nSPS) is 10.1. The third-order valence-electron chi connectivity index (χ3n) is 2.90. The number of rotatable bonds is 6. The number of aromatic nitrogens is 2. The van der Waals surface area contributed by atoms with Crippen molar-refractivity contribution in [2.75, 3.05) is 6.61 Å². The Hall–Kier alpha value is -2.41. The van der Waals surface area contributed by atoms with E-state index in [1.165, 1.54) is 0 Å². The molecule has 1 amide bonds. The number of carbonyl (C=O) groups is 1. The number of carbonyl (C=O) groups excluding carboxylic acids is 1. The van der Waals surface area contributed by atoms with Crippen molar-refractivity contribution >= 4 is 23.1 Å². The SMILES string of the molecule is Cn1nccc1CNC(=O)COc1ccc(C(N)=S)cc1. The first kappa shape index (κ1) is 15.0. The quantitative estimate of drug-likeness (QED) is 0.770. The van der Waals surface area contributed by atoms with Crippen LogP contribution >= 0.6 is 12.2 Å². The van der Waals surface area contributed by atoms with Crippen LogP contribution in [0.15, 0.2) is 36.5 Å². The Morgan fingerprint density at radius 2 is 2.10 bits per heavy atom. The summed E-state index contributed by atoms with van der Waals surface area (Å²) >= 11 is 4.86. The summed E-state index contributed by atoms with van der Waals surface area (Å²) in [6.07, 6.45) is 1.68. The van der Waals surface area contributed by atoms with Gasteiger partial charge in [-0.3, -0.25) is 9.48 Å². The minimum absolute atomic E-state index is 0.0513. The molecule has 1 aromatic carbocycles. The smallest absolute Gasteiger partial charge is 0.258 e. The molecule has 21 heavy (non-hydrogen) atoms. The van der Waals surface area contributed by atoms with Crippen LogP contribution in [0.3, 0.4) is 0 Å². The van der Waals surface area contributed by atoms with Crippen molar-refractivity contribution in [3.8, 4) is 5.75 Å². The molecule has 0 fully saturated rings. The lowest BCUT2D eigenvalue weighted by molar-refractivity contribution is -0.123. The molecule has 3 N–H and O–H groups in total. The molecule has 0 saturated carbocycles. The zero-order valence-corrected chi connectivity index (χ0v) is 12.4. The monoisotopic (exact) mass is 304 g/mol. The maximum absolute atomic E-state index is 11.7. The van der Waals surface area contributed by atoms with Crippen LogP contribution in [-0.2, 0) is 18.4 Å². The molecule has 0 bridgehead atoms. The van der Waals surface area contributed by atoms with Gasteiger partial charge in [0.2, 0.25) is 0 Å². The summed E-state index contributed by atoms with van der Waals surface area (Å²) in [5.74, 6) is 0.389. The zero-order valence-electron chi connectivity index (χ0n) is 11.6. The second kappa shape index (κ2) is 6.85. The van der Waals surface area contributed by atoms with Gasteiger partial charge in [0.15, 0.2) is 6.61 Å². The van der Waals surface area contributed by atoms with Gasteiger partial charge in [0.05, 0.1) is 12.2 Å². The van der Waals surface area contributed by atoms with Crippen molar-refractivity contribution in [1.29, 1.82) is 0 Å². The Balaban J connectivity index is 1.78. The lowest BCUT2D eigenvalue weighted by Gasteiger charge is -2.08. The van der Waals surface area contributed by atoms with Crippen LogP contribution in [0, 0.1) is 0 Å². The second-order valence-corrected chi connectivity index (χ2v) is 4.84. The maximum atomic E-state index is 11.7. The van der Waals surface area contributed by atoms with Crippen molar-refractivity contribution in [1.82, 2.24) is 15.1 Å². The number of amides is 1. The first-order valence-corrected chi connectivity index (χ1v) is 6.73. The van der Waals surface area contributed by atoms with Crippen molar-refractivity contribution in [3.05, 3.63) is 47.8 Å². The summed E-state index contributed by atoms with van der Waals surface area (Å²) in [6, 6.07) is 8.80. The van der Waals surface area contributed by atoms with E-state index in [2.05, 4.69) is 10.4 Å². The van der Waals surface area contributed by atoms with Crippen LogP contribution < -0.4 is 15.8 Å². The molecular formula is C14H16N4O2S. The summed E-state index contributed by atoms with van der Waals surface area (Å²) in [4.78, 5) is 12.0. The largest absolute Gasteiger partial charge is 0.484 e. The summed E-state index contributed by atoms with van der Waals surface area (Å²) in [5.41, 5.74) is 7.19. The number of nitrogens with two attached hydrogens (primary N) is 1. The fourth-order valence-electron chi connectivity index (χ4n) is 1.68. The third kappa shape index (κ3) is 4.28. The van der Waals surface area contributed by atoms with Gasteiger partial charge < -0.3 is 15.8 Å². The number of benzene rings is 1. The Bertz CT molecular complexity index is 637. The van der Waals surface area contributed by atoms with Gasteiger partial charge in [-0.2, -0.15) is 5.10 Å². The molecule has 2 rings (SSSR count). The highest BCUT2D eigenvalue weighted by Gasteiger charge is 2.05. The van der Waals surface area contributed by atoms with E-state index in [4.69, 9.17) is 22.7 Å². The van der Waals surface area contributed by atoms with Gasteiger partial charge in [0.25, 0.3) is 5.91 Å². The highest BCUT2D eigenvalue weighted by Crippen LogP contribution is 2.11. The van der Waals surface area contributed by atoms with Crippen LogP contribution in [-0.4, -0.2) is 27.3 Å². The molecular weight excluding hydrogens is 288 g/mol. The van der Waals surface area contributed by atoms with Gasteiger partial charge >= 0.3 is 0 Å². The van der Waals surface area contributed by atoms with E-state index in [0.29, 0.717) is 17.3 Å². The second-order valence-electron chi connectivity index (χ2n) is 4.40. The van der Waals surface area contributed by atoms with E-state index in [0.717, 1.165) is 11.3 Å². The molecule has 1 heterocycles. The van der Waals surface area contributed by atoms with Gasteiger partial charge in [0.1, 0.15) is 10.7 Å². The molecule has 0 atom stereocenters. The fourth-order valence-corrected chi connectivity index (χ4v) is 1.82. The lowest BCUT2D eigenvalue weighted by Crippen LogP contribution is -2.29. The average Bonchev–Trinajstić information content (AvgIpc) is 2.88. The molecule has 0 aliphatic rings. The summed E-state index contributed by atoms with van der Waals surface area (Å²) < 4.78 is 7.09. The highest BCUT2D eigenvalue weighted by molar-refractivity contribution is 7.80. The van der Waals surface area contributed by atoms with Gasteiger partial charge in [-0.1, -0.05) is 12.2 Å². The van der Waals surface area contributed by atoms with Crippen LogP contribution in [0.25, 0.3) is 0 Å². The molecule has 110 valence electrons. The molecule has 7 heteroatoms. The number of nitrogens with zero attached hydrogens (tertiary/aromatic N) is 2. The van der Waals surface area contributed by atoms with Crippen molar-refractivity contribution in [3.63, 3.8) is 0 Å². The number of aryl methyl sites for hydroxylation is 1. The first-order valence-electron chi connectivity index (χ1n) is 6.32. The summed E-state index contributed by atoms with van der Waals surface area (Å²) in [5, 5.41) is 6.78. The average molecular weight is 304 g/mol. The Morgan fingerprint density at radius 1 is 1.38 bits per heavy atom. The number of ether oxygens (including phenoxy) is 1. The zero-order chi connectivity index (χ0) is 15.2. The van der Waals surface area contributed by atoms with Crippen molar-refractivity contribution < 1.29 is 9.53 Å². The highest BCUT2D eigenvalue weighted by atomic mass is 32.1. The Labute approximate surface area is 127 Å². The molecule has 0 spiro atoms. The van der Waals surface area contributed by atoms with Crippen molar-refractivity contribution in [2.24, 2.45) is 12.8 Å². The topological polar surface area (TPSA) is 82.2 Å². The number of hydrogen-bond acceptors (Lipinski definition) is 4. The van der Waals surface area contributed by atoms with E-state index in [9.17, 15) is 4.79 Å². The molecule has 2 aromatic rings. The van der Waals surface area contributed by atoms with Crippen LogP contribution in [0.1, 0.15) is 11.3 Å². The third-order valence-corrected chi connectivity index (χ3v) is 3.13. The predicted molar refractivity (Wildman–Crippen MR) is 82.9 cm³/mol. The van der Waals surface area contributed by atoms with Gasteiger partial charge in [-0.15, -0.1) is 0 Å². The van der Waals surface area contributed by atoms with E-state index in [1.54, 1.807) is 35.1 Å². The molecule has 0 unspecified atom stereocenters. The number of hydrogen-bond donors (Lipinski definition) is 2. The van der Waals surface area contributed by atoms with E-state index < -0.39 is 0 Å². The maximum Gasteiger partial charge on any atom is 0.258 e. The van der Waals surface area contributed by atoms with Gasteiger partial charge in [-0.05, 0) is 30.3 Å². The van der Waals surface area contributed by atoms with Gasteiger partial charge in [0, 0.05) is 18.8 Å². The number of thiocarbonyl (C=S) groups is 1. The Kier molecular flexibility index (Phi) is 4.89. The Morgan fingerprint density at radius 3 is 2.67 bits per heavy atom. The standard InChI is InChI=1S/C14H16N4O2S/c1-18-11(6-7-17-18)8-16-13(19)9-20-12-4-2-10(3-5-12)14(15)21/h2-7H,8-9H2,1H3,(H2,15,21)(H,16,19). The van der Waals surface area contributed by atoms with E-state index in [1.807, 2.05) is 13.1 Å². The molecule has 0 aliphatic heterocycles.